The van der Waals surface area contributed by atoms with Crippen LogP contribution in [0.3, 0.4) is 0 Å². The molecule has 0 aromatic carbocycles. The van der Waals surface area contributed by atoms with Gasteiger partial charge >= 0.3 is 0 Å². The number of guanidine groups is 2. The normalized spacial score (nSPS) is 9.20. The van der Waals surface area contributed by atoms with E-state index >= 15 is 0 Å². The van der Waals surface area contributed by atoms with Gasteiger partial charge in [-0.15, -0.1) is 12.4 Å². The summed E-state index contributed by atoms with van der Waals surface area (Å²) in [5, 5.41) is 12.4. The molecule has 0 aliphatic rings. The molecule has 0 aromatic heterocycles. The monoisotopic (exact) mass is 237 g/mol. The first-order valence-electron chi connectivity index (χ1n) is 4.93. The zero-order valence-corrected chi connectivity index (χ0v) is 10.9. The summed E-state index contributed by atoms with van der Waals surface area (Å²) in [5.41, 5.74) is 5.09. The highest BCUT2D eigenvalue weighted by atomic mass is 35.5. The lowest BCUT2D eigenvalue weighted by atomic mass is 10.5. The third-order valence-electron chi connectivity index (χ3n) is 1.02. The molecule has 0 aliphatic heterocycles. The van der Waals surface area contributed by atoms with Crippen molar-refractivity contribution in [2.24, 2.45) is 10.7 Å². The van der Waals surface area contributed by atoms with E-state index in [1.54, 1.807) is 7.05 Å². The van der Waals surface area contributed by atoms with Gasteiger partial charge in [-0.05, 0) is 6.42 Å². The van der Waals surface area contributed by atoms with Crippen molar-refractivity contribution >= 4 is 24.3 Å². The summed E-state index contributed by atoms with van der Waals surface area (Å²) in [6.45, 7) is 7.13. The fraction of sp³-hybridized carbons (Fsp3) is 0.778. The molecule has 0 spiro atoms. The van der Waals surface area contributed by atoms with Gasteiger partial charge in [0.1, 0.15) is 0 Å². The smallest absolute Gasteiger partial charge is 0.197 e. The summed E-state index contributed by atoms with van der Waals surface area (Å²) in [4.78, 5) is 3.84. The molecule has 0 fully saturated rings. The van der Waals surface area contributed by atoms with E-state index in [4.69, 9.17) is 11.1 Å². The third kappa shape index (κ3) is 19.4. The molecule has 0 aromatic rings. The van der Waals surface area contributed by atoms with Crippen LogP contribution in [0, 0.1) is 5.41 Å². The van der Waals surface area contributed by atoms with Crippen LogP contribution in [-0.4, -0.2) is 25.5 Å². The summed E-state index contributed by atoms with van der Waals surface area (Å²) in [5.74, 6) is 0.438. The molecule has 0 bridgehead atoms. The van der Waals surface area contributed by atoms with E-state index in [0.29, 0.717) is 5.96 Å². The Morgan fingerprint density at radius 2 is 1.80 bits per heavy atom. The molecule has 0 aliphatic carbocycles. The maximum Gasteiger partial charge on any atom is 0.197 e. The Kier molecular flexibility index (Phi) is 20.2. The van der Waals surface area contributed by atoms with E-state index in [1.165, 1.54) is 6.42 Å². The molecule has 5 nitrogen and oxygen atoms in total. The Hall–Kier alpha value is -0.970. The average Bonchev–Trinajstić information content (AvgIpc) is 2.13. The maximum absolute atomic E-state index is 6.91. The molecule has 0 unspecified atom stereocenters. The number of nitrogens with one attached hydrogen (secondary N) is 3. The highest BCUT2D eigenvalue weighted by Gasteiger charge is 1.94. The molecular formula is C9H24ClN5. The molecule has 6 heteroatoms. The van der Waals surface area contributed by atoms with Crippen molar-refractivity contribution in [2.75, 3.05) is 13.6 Å². The van der Waals surface area contributed by atoms with Crippen LogP contribution < -0.4 is 16.4 Å². The zero-order chi connectivity index (χ0) is 11.4. The minimum absolute atomic E-state index is 0. The molecule has 15 heavy (non-hydrogen) atoms. The van der Waals surface area contributed by atoms with Gasteiger partial charge in [0.25, 0.3) is 0 Å². The van der Waals surface area contributed by atoms with Crippen LogP contribution in [0.1, 0.15) is 33.6 Å². The van der Waals surface area contributed by atoms with Crippen molar-refractivity contribution in [2.45, 2.75) is 33.6 Å². The van der Waals surface area contributed by atoms with Crippen LogP contribution in [-0.2, 0) is 0 Å². The van der Waals surface area contributed by atoms with Crippen molar-refractivity contribution in [3.63, 3.8) is 0 Å². The lowest BCUT2D eigenvalue weighted by Crippen LogP contribution is -2.44. The first-order chi connectivity index (χ1) is 6.62. The van der Waals surface area contributed by atoms with E-state index < -0.39 is 0 Å². The lowest BCUT2D eigenvalue weighted by Gasteiger charge is -2.08. The Labute approximate surface area is 98.8 Å². The maximum atomic E-state index is 6.91. The first kappa shape index (κ1) is 19.6. The van der Waals surface area contributed by atoms with Gasteiger partial charge in [-0.25, -0.2) is 0 Å². The summed E-state index contributed by atoms with van der Waals surface area (Å²) < 4.78 is 0. The highest BCUT2D eigenvalue weighted by molar-refractivity contribution is 5.96. The fourth-order valence-corrected chi connectivity index (χ4v) is 0.550. The highest BCUT2D eigenvalue weighted by Crippen LogP contribution is 1.70. The fourth-order valence-electron chi connectivity index (χ4n) is 0.550. The van der Waals surface area contributed by atoms with Gasteiger partial charge in [-0.2, -0.15) is 0 Å². The van der Waals surface area contributed by atoms with Gasteiger partial charge in [0, 0.05) is 13.6 Å². The number of nitrogens with two attached hydrogens (primary N) is 1. The minimum Gasteiger partial charge on any atom is -0.370 e. The second-order valence-corrected chi connectivity index (χ2v) is 2.74. The van der Waals surface area contributed by atoms with Crippen molar-refractivity contribution in [1.29, 1.82) is 5.41 Å². The second-order valence-electron chi connectivity index (χ2n) is 2.74. The molecule has 0 atom stereocenters. The molecule has 0 amide bonds. The van der Waals surface area contributed by atoms with E-state index in [2.05, 4.69) is 29.5 Å². The Morgan fingerprint density at radius 3 is 2.07 bits per heavy atom. The SMILES string of the molecule is CCC.CCCNC(=NC)NC(=N)N.Cl. The molecule has 92 valence electrons. The number of aliphatic imine (C=N–C) groups is 1. The zero-order valence-electron chi connectivity index (χ0n) is 10.1. The van der Waals surface area contributed by atoms with Crippen molar-refractivity contribution in [3.05, 3.63) is 0 Å². The van der Waals surface area contributed by atoms with Crippen LogP contribution in [0.2, 0.25) is 0 Å². The van der Waals surface area contributed by atoms with Gasteiger partial charge in [-0.3, -0.25) is 15.7 Å². The van der Waals surface area contributed by atoms with Crippen LogP contribution >= 0.6 is 12.4 Å². The third-order valence-corrected chi connectivity index (χ3v) is 1.02. The largest absolute Gasteiger partial charge is 0.370 e. The summed E-state index contributed by atoms with van der Waals surface area (Å²) in [6, 6.07) is 0. The van der Waals surface area contributed by atoms with E-state index in [-0.39, 0.29) is 18.4 Å². The van der Waals surface area contributed by atoms with Crippen LogP contribution in [0.15, 0.2) is 4.99 Å². The lowest BCUT2D eigenvalue weighted by molar-refractivity contribution is 0.822. The summed E-state index contributed by atoms with van der Waals surface area (Å²) >= 11 is 0. The molecule has 0 radical (unpaired) electrons. The predicted octanol–water partition coefficient (Wildman–Crippen LogP) is 1.29. The van der Waals surface area contributed by atoms with Gasteiger partial charge < -0.3 is 11.1 Å². The van der Waals surface area contributed by atoms with Gasteiger partial charge in [-0.1, -0.05) is 27.2 Å². The van der Waals surface area contributed by atoms with Crippen LogP contribution in [0.25, 0.3) is 0 Å². The van der Waals surface area contributed by atoms with Crippen LogP contribution in [0.5, 0.6) is 0 Å². The molecule has 5 N–H and O–H groups in total. The van der Waals surface area contributed by atoms with Gasteiger partial charge in [0.2, 0.25) is 0 Å². The van der Waals surface area contributed by atoms with Crippen molar-refractivity contribution < 1.29 is 0 Å². The second kappa shape index (κ2) is 15.5. The number of nitrogens with zero attached hydrogens (tertiary/aromatic N) is 1. The average molecular weight is 238 g/mol. The van der Waals surface area contributed by atoms with Gasteiger partial charge in [0.05, 0.1) is 0 Å². The molecule has 0 saturated heterocycles. The number of rotatable bonds is 2. The standard InChI is InChI=1S/C6H15N5.C3H8.ClH/c1-3-4-10-6(9-2)11-5(7)8;1-3-2;/h3-4H2,1-2H3,(H5,7,8,9,10,11);3H2,1-2H3;1H. The first-order valence-corrected chi connectivity index (χ1v) is 4.93. The predicted molar refractivity (Wildman–Crippen MR) is 69.9 cm³/mol. The Bertz CT molecular complexity index is 170. The molecule has 0 rings (SSSR count). The summed E-state index contributed by atoms with van der Waals surface area (Å²) in [6.07, 6.45) is 2.26. The number of hydrogen-bond donors (Lipinski definition) is 4. The van der Waals surface area contributed by atoms with E-state index in [0.717, 1.165) is 13.0 Å². The number of hydrogen-bond acceptors (Lipinski definition) is 2. The molecule has 0 saturated carbocycles. The Morgan fingerprint density at radius 1 is 1.33 bits per heavy atom. The van der Waals surface area contributed by atoms with E-state index in [9.17, 15) is 0 Å². The summed E-state index contributed by atoms with van der Waals surface area (Å²) in [7, 11) is 1.63. The van der Waals surface area contributed by atoms with Gasteiger partial charge in [0.15, 0.2) is 11.9 Å². The minimum atomic E-state index is -0.103. The molecular weight excluding hydrogens is 214 g/mol. The van der Waals surface area contributed by atoms with E-state index in [1.807, 2.05) is 6.92 Å². The molecule has 0 heterocycles. The number of halogens is 1. The topological polar surface area (TPSA) is 86.3 Å². The van der Waals surface area contributed by atoms with Crippen molar-refractivity contribution in [1.82, 2.24) is 10.6 Å². The van der Waals surface area contributed by atoms with Crippen LogP contribution in [0.4, 0.5) is 0 Å². The van der Waals surface area contributed by atoms with Crippen molar-refractivity contribution in [3.8, 4) is 0 Å². The Balaban J connectivity index is -0.000000320. The quantitative estimate of drug-likeness (QED) is 0.431.